The van der Waals surface area contributed by atoms with Gasteiger partial charge in [-0.05, 0) is 6.07 Å². The maximum atomic E-state index is 12.0. The van der Waals surface area contributed by atoms with Crippen LogP contribution in [0.2, 0.25) is 0 Å². The van der Waals surface area contributed by atoms with Gasteiger partial charge in [0.15, 0.2) is 9.84 Å². The van der Waals surface area contributed by atoms with E-state index in [1.165, 1.54) is 20.3 Å². The molecule has 0 spiro atoms. The highest BCUT2D eigenvalue weighted by Crippen LogP contribution is 2.41. The van der Waals surface area contributed by atoms with Crippen molar-refractivity contribution in [2.45, 2.75) is 10.5 Å². The molecule has 0 N–H and O–H groups in total. The van der Waals surface area contributed by atoms with E-state index in [-0.39, 0.29) is 4.90 Å². The number of carbonyl (C=O) groups excluding carboxylic acids is 1. The number of carbonyl (C=O) groups is 1. The van der Waals surface area contributed by atoms with Gasteiger partial charge in [0.2, 0.25) is 5.60 Å². The van der Waals surface area contributed by atoms with Crippen molar-refractivity contribution >= 4 is 15.8 Å². The molecule has 92 valence electrons. The molecule has 0 saturated heterocycles. The number of fused-ring (bicyclic) bond motifs is 1. The van der Waals surface area contributed by atoms with E-state index in [1.807, 2.05) is 0 Å². The second-order valence-electron chi connectivity index (χ2n) is 3.78. The van der Waals surface area contributed by atoms with Crippen LogP contribution in [0, 0.1) is 0 Å². The van der Waals surface area contributed by atoms with Gasteiger partial charge in [-0.2, -0.15) is 0 Å². The topological polar surface area (TPSA) is 69.7 Å². The molecule has 5 nitrogen and oxygen atoms in total. The lowest BCUT2D eigenvalue weighted by molar-refractivity contribution is -0.164. The minimum Gasteiger partial charge on any atom is -0.467 e. The van der Waals surface area contributed by atoms with Crippen molar-refractivity contribution in [3.8, 4) is 0 Å². The van der Waals surface area contributed by atoms with Crippen LogP contribution in [0.5, 0.6) is 0 Å². The number of ether oxygens (including phenoxy) is 2. The van der Waals surface area contributed by atoms with Crippen molar-refractivity contribution < 1.29 is 22.7 Å². The second-order valence-corrected chi connectivity index (χ2v) is 5.74. The quantitative estimate of drug-likeness (QED) is 0.720. The largest absolute Gasteiger partial charge is 0.467 e. The van der Waals surface area contributed by atoms with E-state index < -0.39 is 27.2 Å². The van der Waals surface area contributed by atoms with E-state index in [1.54, 1.807) is 18.2 Å². The van der Waals surface area contributed by atoms with Gasteiger partial charge in [0, 0.05) is 12.7 Å². The summed E-state index contributed by atoms with van der Waals surface area (Å²) in [5.41, 5.74) is -1.20. The van der Waals surface area contributed by atoms with Crippen LogP contribution in [0.3, 0.4) is 0 Å². The van der Waals surface area contributed by atoms with Gasteiger partial charge in [-0.15, -0.1) is 0 Å². The minimum atomic E-state index is -3.51. The third-order valence-electron chi connectivity index (χ3n) is 2.91. The fraction of sp³-hybridized carbons (Fsp3) is 0.364. The van der Waals surface area contributed by atoms with Gasteiger partial charge in [0.25, 0.3) is 0 Å². The van der Waals surface area contributed by atoms with Gasteiger partial charge in [-0.3, -0.25) is 0 Å². The molecular formula is C11H12O5S. The summed E-state index contributed by atoms with van der Waals surface area (Å²) in [4.78, 5) is 11.9. The molecule has 0 aliphatic carbocycles. The Labute approximate surface area is 99.3 Å². The molecule has 0 aromatic heterocycles. The first kappa shape index (κ1) is 12.1. The Morgan fingerprint density at radius 1 is 1.29 bits per heavy atom. The molecule has 1 atom stereocenters. The number of methoxy groups -OCH3 is 2. The Morgan fingerprint density at radius 2 is 1.94 bits per heavy atom. The van der Waals surface area contributed by atoms with Gasteiger partial charge in [-0.1, -0.05) is 18.2 Å². The first-order valence-electron chi connectivity index (χ1n) is 4.94. The van der Waals surface area contributed by atoms with Crippen molar-refractivity contribution in [2.75, 3.05) is 20.0 Å². The van der Waals surface area contributed by atoms with Crippen molar-refractivity contribution in [2.24, 2.45) is 0 Å². The third-order valence-corrected chi connectivity index (χ3v) is 4.73. The van der Waals surface area contributed by atoms with Gasteiger partial charge >= 0.3 is 5.97 Å². The van der Waals surface area contributed by atoms with E-state index in [9.17, 15) is 13.2 Å². The molecule has 1 aromatic carbocycles. The highest BCUT2D eigenvalue weighted by atomic mass is 32.2. The molecule has 0 saturated carbocycles. The molecule has 2 rings (SSSR count). The molecule has 17 heavy (non-hydrogen) atoms. The molecule has 0 unspecified atom stereocenters. The molecule has 6 heteroatoms. The number of esters is 1. The Bertz CT molecular complexity index is 563. The van der Waals surface area contributed by atoms with Gasteiger partial charge in [0.05, 0.1) is 17.8 Å². The maximum Gasteiger partial charge on any atom is 0.343 e. The number of hydrogen-bond donors (Lipinski definition) is 0. The Balaban J connectivity index is 2.72. The average molecular weight is 256 g/mol. The highest BCUT2D eigenvalue weighted by Gasteiger charge is 2.53. The lowest BCUT2D eigenvalue weighted by Crippen LogP contribution is -2.40. The van der Waals surface area contributed by atoms with Crippen LogP contribution >= 0.6 is 0 Å². The summed E-state index contributed by atoms with van der Waals surface area (Å²) >= 11 is 0. The van der Waals surface area contributed by atoms with E-state index >= 15 is 0 Å². The Hall–Kier alpha value is -1.40. The molecule has 1 aliphatic heterocycles. The summed E-state index contributed by atoms with van der Waals surface area (Å²) in [5, 5.41) is 0. The summed E-state index contributed by atoms with van der Waals surface area (Å²) in [5.74, 6) is -1.11. The standard InChI is InChI=1S/C11H12O5S/c1-15-10(12)11(16-2)7-17(13,14)9-6-4-3-5-8(9)11/h3-6H,7H2,1-2H3/t11-/m0/s1. The fourth-order valence-corrected chi connectivity index (χ4v) is 4.02. The third kappa shape index (κ3) is 1.56. The molecule has 0 fully saturated rings. The Kier molecular flexibility index (Phi) is 2.71. The molecule has 0 amide bonds. The first-order chi connectivity index (χ1) is 7.98. The first-order valence-corrected chi connectivity index (χ1v) is 6.59. The van der Waals surface area contributed by atoms with Crippen molar-refractivity contribution in [1.82, 2.24) is 0 Å². The summed E-state index contributed by atoms with van der Waals surface area (Å²) in [7, 11) is -1.00. The summed E-state index contributed by atoms with van der Waals surface area (Å²) in [6.07, 6.45) is 0. The smallest absolute Gasteiger partial charge is 0.343 e. The fourth-order valence-electron chi connectivity index (χ4n) is 2.08. The van der Waals surface area contributed by atoms with Gasteiger partial charge < -0.3 is 9.47 Å². The summed E-state index contributed by atoms with van der Waals surface area (Å²) in [6.45, 7) is 0. The van der Waals surface area contributed by atoms with Crippen LogP contribution in [-0.4, -0.2) is 34.4 Å². The number of sulfone groups is 1. The van der Waals surface area contributed by atoms with E-state index in [0.29, 0.717) is 5.56 Å². The van der Waals surface area contributed by atoms with Crippen LogP contribution in [0.4, 0.5) is 0 Å². The number of rotatable bonds is 2. The van der Waals surface area contributed by atoms with Crippen molar-refractivity contribution in [3.63, 3.8) is 0 Å². The summed E-state index contributed by atoms with van der Waals surface area (Å²) in [6, 6.07) is 6.31. The molecular weight excluding hydrogens is 244 g/mol. The molecule has 1 heterocycles. The van der Waals surface area contributed by atoms with E-state index in [4.69, 9.17) is 4.74 Å². The Morgan fingerprint density at radius 3 is 2.53 bits per heavy atom. The van der Waals surface area contributed by atoms with Crippen LogP contribution in [0.1, 0.15) is 5.56 Å². The van der Waals surface area contributed by atoms with E-state index in [2.05, 4.69) is 4.74 Å². The van der Waals surface area contributed by atoms with Gasteiger partial charge in [0.1, 0.15) is 0 Å². The maximum absolute atomic E-state index is 12.0. The lowest BCUT2D eigenvalue weighted by atomic mass is 9.96. The summed E-state index contributed by atoms with van der Waals surface area (Å²) < 4.78 is 33.7. The number of hydrogen-bond acceptors (Lipinski definition) is 5. The van der Waals surface area contributed by atoms with Crippen LogP contribution in [-0.2, 0) is 29.7 Å². The van der Waals surface area contributed by atoms with E-state index in [0.717, 1.165) is 0 Å². The molecule has 0 bridgehead atoms. The average Bonchev–Trinajstić information content (AvgIpc) is 2.58. The number of benzene rings is 1. The zero-order valence-corrected chi connectivity index (χ0v) is 10.3. The molecule has 0 radical (unpaired) electrons. The monoisotopic (exact) mass is 256 g/mol. The van der Waals surface area contributed by atoms with Crippen LogP contribution < -0.4 is 0 Å². The minimum absolute atomic E-state index is 0.132. The zero-order valence-electron chi connectivity index (χ0n) is 9.47. The lowest BCUT2D eigenvalue weighted by Gasteiger charge is -2.23. The van der Waals surface area contributed by atoms with Crippen molar-refractivity contribution in [3.05, 3.63) is 29.8 Å². The highest BCUT2D eigenvalue weighted by molar-refractivity contribution is 7.91. The zero-order chi connectivity index (χ0) is 12.7. The van der Waals surface area contributed by atoms with Crippen LogP contribution in [0.15, 0.2) is 29.2 Å². The predicted molar refractivity (Wildman–Crippen MR) is 59.2 cm³/mol. The normalized spacial score (nSPS) is 25.3. The molecule has 1 aromatic rings. The molecule has 1 aliphatic rings. The van der Waals surface area contributed by atoms with Crippen molar-refractivity contribution in [1.29, 1.82) is 0 Å². The van der Waals surface area contributed by atoms with Crippen LogP contribution in [0.25, 0.3) is 0 Å². The predicted octanol–water partition coefficient (Wildman–Crippen LogP) is 0.489. The SMILES string of the molecule is COC(=O)[C@]1(OC)CS(=O)(=O)c2ccccc21. The van der Waals surface area contributed by atoms with Gasteiger partial charge in [-0.25, -0.2) is 13.2 Å². The second kappa shape index (κ2) is 3.82.